The number of nitrogens with zero attached hydrogens (tertiary/aromatic N) is 3. The number of hydrogen-bond acceptors (Lipinski definition) is 4. The zero-order valence-electron chi connectivity index (χ0n) is 13.1. The van der Waals surface area contributed by atoms with E-state index in [1.54, 1.807) is 21.7 Å². The fourth-order valence-corrected chi connectivity index (χ4v) is 4.25. The van der Waals surface area contributed by atoms with Gasteiger partial charge in [0, 0.05) is 12.6 Å². The van der Waals surface area contributed by atoms with Gasteiger partial charge in [0.1, 0.15) is 17.0 Å². The van der Waals surface area contributed by atoms with Gasteiger partial charge < -0.3 is 9.84 Å². The number of rotatable bonds is 1. The molecule has 2 aliphatic rings. The number of aromatic nitrogens is 2. The number of carbonyl (C=O) groups excluding carboxylic acids is 1. The molecule has 0 bridgehead atoms. The van der Waals surface area contributed by atoms with Gasteiger partial charge in [-0.15, -0.1) is 0 Å². The summed E-state index contributed by atoms with van der Waals surface area (Å²) in [6.07, 6.45) is 1.88. The summed E-state index contributed by atoms with van der Waals surface area (Å²) < 4.78 is 8.75. The molecule has 0 atom stereocenters. The monoisotopic (exact) mass is 455 g/mol. The van der Waals surface area contributed by atoms with Crippen molar-refractivity contribution in [2.75, 3.05) is 11.4 Å². The highest BCUT2D eigenvalue weighted by atomic mass is 79.9. The van der Waals surface area contributed by atoms with Crippen molar-refractivity contribution in [3.8, 4) is 11.5 Å². The fraction of sp³-hybridized carbons (Fsp3) is 0.375. The Balaban J connectivity index is 1.80. The third-order valence-corrected chi connectivity index (χ3v) is 5.68. The molecule has 8 heteroatoms. The smallest absolute Gasteiger partial charge is 0.259 e. The van der Waals surface area contributed by atoms with Gasteiger partial charge in [-0.1, -0.05) is 0 Å². The molecule has 1 spiro atoms. The summed E-state index contributed by atoms with van der Waals surface area (Å²) >= 11 is 6.56. The van der Waals surface area contributed by atoms with E-state index in [2.05, 4.69) is 37.0 Å². The van der Waals surface area contributed by atoms with Crippen LogP contribution in [0.3, 0.4) is 0 Å². The summed E-state index contributed by atoms with van der Waals surface area (Å²) in [5.74, 6) is 1.29. The summed E-state index contributed by atoms with van der Waals surface area (Å²) in [4.78, 5) is 14.9. The van der Waals surface area contributed by atoms with Crippen LogP contribution >= 0.6 is 31.9 Å². The molecule has 2 heterocycles. The first-order valence-electron chi connectivity index (χ1n) is 7.54. The van der Waals surface area contributed by atoms with Crippen LogP contribution in [0.1, 0.15) is 28.9 Å². The molecular formula is C16H15Br2N3O3. The first-order valence-corrected chi connectivity index (χ1v) is 9.12. The van der Waals surface area contributed by atoms with Gasteiger partial charge in [0.15, 0.2) is 11.6 Å². The Bertz CT molecular complexity index is 851. The predicted molar refractivity (Wildman–Crippen MR) is 95.7 cm³/mol. The summed E-state index contributed by atoms with van der Waals surface area (Å²) in [5.41, 5.74) is 0.986. The quantitative estimate of drug-likeness (QED) is 0.712. The molecule has 1 N–H and O–H groups in total. The lowest BCUT2D eigenvalue weighted by Crippen LogP contribution is -2.45. The Morgan fingerprint density at radius 2 is 1.96 bits per heavy atom. The molecule has 0 unspecified atom stereocenters. The topological polar surface area (TPSA) is 67.6 Å². The lowest BCUT2D eigenvalue weighted by atomic mass is 10.1. The molecule has 24 heavy (non-hydrogen) atoms. The number of halogens is 2. The number of aryl methyl sites for hydroxylation is 2. The summed E-state index contributed by atoms with van der Waals surface area (Å²) in [6.45, 7) is 2.39. The van der Waals surface area contributed by atoms with Crippen LogP contribution in [-0.4, -0.2) is 32.9 Å². The molecular weight excluding hydrogens is 442 g/mol. The molecule has 1 aromatic heterocycles. The Labute approximate surface area is 155 Å². The summed E-state index contributed by atoms with van der Waals surface area (Å²) in [7, 11) is 1.81. The van der Waals surface area contributed by atoms with Gasteiger partial charge in [0.2, 0.25) is 0 Å². The second-order valence-corrected chi connectivity index (χ2v) is 8.04. The number of benzene rings is 1. The minimum Gasteiger partial charge on any atom is -0.506 e. The first-order chi connectivity index (χ1) is 11.3. The van der Waals surface area contributed by atoms with Crippen LogP contribution in [0.5, 0.6) is 11.5 Å². The van der Waals surface area contributed by atoms with Crippen molar-refractivity contribution >= 4 is 43.6 Å². The Hall–Kier alpha value is -1.54. The van der Waals surface area contributed by atoms with Crippen LogP contribution in [0.2, 0.25) is 0 Å². The number of phenolic OH excluding ortho intramolecular Hbond substituents is 1. The highest BCUT2D eigenvalue weighted by Gasteiger charge is 2.53. The van der Waals surface area contributed by atoms with Gasteiger partial charge >= 0.3 is 0 Å². The maximum Gasteiger partial charge on any atom is 0.259 e. The molecule has 126 valence electrons. The number of phenols is 1. The van der Waals surface area contributed by atoms with E-state index in [-0.39, 0.29) is 17.3 Å². The molecule has 1 amide bonds. The van der Waals surface area contributed by atoms with Crippen molar-refractivity contribution in [3.05, 3.63) is 32.3 Å². The average Bonchev–Trinajstić information content (AvgIpc) is 3.21. The van der Waals surface area contributed by atoms with Crippen molar-refractivity contribution in [1.29, 1.82) is 0 Å². The molecule has 4 rings (SSSR count). The Morgan fingerprint density at radius 3 is 2.54 bits per heavy atom. The molecule has 6 nitrogen and oxygen atoms in total. The van der Waals surface area contributed by atoms with Gasteiger partial charge in [-0.05, 0) is 63.8 Å². The molecule has 1 aromatic carbocycles. The molecule has 1 aliphatic heterocycles. The second kappa shape index (κ2) is 5.23. The normalized spacial score (nSPS) is 17.6. The molecule has 0 radical (unpaired) electrons. The average molecular weight is 457 g/mol. The number of ether oxygens (including phenoxy) is 1. The van der Waals surface area contributed by atoms with E-state index in [1.165, 1.54) is 0 Å². The largest absolute Gasteiger partial charge is 0.506 e. The minimum absolute atomic E-state index is 0.0734. The van der Waals surface area contributed by atoms with E-state index in [1.807, 2.05) is 14.0 Å². The fourth-order valence-electron chi connectivity index (χ4n) is 3.07. The first kappa shape index (κ1) is 16.0. The van der Waals surface area contributed by atoms with Crippen LogP contribution in [0, 0.1) is 6.92 Å². The number of aromatic hydroxyl groups is 1. The third kappa shape index (κ3) is 2.35. The summed E-state index contributed by atoms with van der Waals surface area (Å²) in [6, 6.07) is 3.25. The number of fused-ring (bicyclic) bond motifs is 1. The molecule has 1 saturated carbocycles. The maximum absolute atomic E-state index is 13.2. The van der Waals surface area contributed by atoms with E-state index in [9.17, 15) is 9.90 Å². The molecule has 2 aromatic rings. The van der Waals surface area contributed by atoms with Crippen molar-refractivity contribution in [2.24, 2.45) is 7.05 Å². The van der Waals surface area contributed by atoms with E-state index in [0.717, 1.165) is 18.5 Å². The number of carbonyl (C=O) groups is 1. The van der Waals surface area contributed by atoms with Gasteiger partial charge in [0.05, 0.1) is 15.5 Å². The zero-order chi connectivity index (χ0) is 17.2. The third-order valence-electron chi connectivity index (χ3n) is 4.48. The minimum atomic E-state index is -0.276. The predicted octanol–water partition coefficient (Wildman–Crippen LogP) is 3.53. The van der Waals surface area contributed by atoms with Crippen LogP contribution in [0.4, 0.5) is 5.82 Å². The second-order valence-electron chi connectivity index (χ2n) is 6.33. The van der Waals surface area contributed by atoms with Crippen molar-refractivity contribution in [3.63, 3.8) is 0 Å². The van der Waals surface area contributed by atoms with E-state index >= 15 is 0 Å². The van der Waals surface area contributed by atoms with Crippen LogP contribution in [0.15, 0.2) is 21.1 Å². The van der Waals surface area contributed by atoms with Crippen LogP contribution in [0.25, 0.3) is 0 Å². The van der Waals surface area contributed by atoms with Gasteiger partial charge in [-0.25, -0.2) is 4.68 Å². The van der Waals surface area contributed by atoms with Crippen molar-refractivity contribution < 1.29 is 14.6 Å². The highest BCUT2D eigenvalue weighted by molar-refractivity contribution is 9.11. The Kier molecular flexibility index (Phi) is 3.47. The van der Waals surface area contributed by atoms with Crippen LogP contribution in [-0.2, 0) is 7.05 Å². The lowest BCUT2D eigenvalue weighted by molar-refractivity contribution is 0.0940. The van der Waals surface area contributed by atoms with Gasteiger partial charge in [0.25, 0.3) is 5.91 Å². The zero-order valence-corrected chi connectivity index (χ0v) is 16.3. The standard InChI is InChI=1S/C16H15Br2N3O3/c1-8-13-14(20(2)19-8)21(7-16(24-13)3-4-16)15(23)9-5-10(17)12(22)11(18)6-9/h5-6,22H,3-4,7H2,1-2H3. The van der Waals surface area contributed by atoms with Gasteiger partial charge in [-0.2, -0.15) is 5.10 Å². The number of anilines is 1. The maximum atomic E-state index is 13.2. The molecule has 0 saturated heterocycles. The SMILES string of the molecule is Cc1nn(C)c2c1OC1(CC1)CN2C(=O)c1cc(Br)c(O)c(Br)c1. The van der Waals surface area contributed by atoms with Crippen molar-refractivity contribution in [1.82, 2.24) is 9.78 Å². The van der Waals surface area contributed by atoms with E-state index in [0.29, 0.717) is 32.6 Å². The molecule has 1 aliphatic carbocycles. The van der Waals surface area contributed by atoms with E-state index < -0.39 is 0 Å². The number of hydrogen-bond donors (Lipinski definition) is 1. The summed E-state index contributed by atoms with van der Waals surface area (Å²) in [5, 5.41) is 14.3. The lowest BCUT2D eigenvalue weighted by Gasteiger charge is -2.34. The highest BCUT2D eigenvalue weighted by Crippen LogP contribution is 2.49. The van der Waals surface area contributed by atoms with E-state index in [4.69, 9.17) is 4.74 Å². The van der Waals surface area contributed by atoms with Crippen LogP contribution < -0.4 is 9.64 Å². The van der Waals surface area contributed by atoms with Crippen molar-refractivity contribution in [2.45, 2.75) is 25.4 Å². The molecule has 1 fully saturated rings. The Morgan fingerprint density at radius 1 is 1.33 bits per heavy atom. The van der Waals surface area contributed by atoms with Gasteiger partial charge in [-0.3, -0.25) is 9.69 Å². The number of amides is 1.